The summed E-state index contributed by atoms with van der Waals surface area (Å²) < 4.78 is 0. The standard InChI is InChI=1S/C26H39N9OS/c1-33-14-16-34(17-15-33)22(19-5-10-26(11-6-19)8-3-9-26)23(36)29-25-32-31-24(37-25)28-20-7-13-35(18-20)21-4-2-12-27-30-21/h2,4,12,19-20,22H,3,5-11,13-18H2,1H3,(H,28,31)(H,29,32,36)/t20-,22+/m1/s1. The fourth-order valence-corrected chi connectivity index (χ4v) is 7.48. The highest BCUT2D eigenvalue weighted by molar-refractivity contribution is 7.19. The van der Waals surface area contributed by atoms with Gasteiger partial charge in [0.1, 0.15) is 0 Å². The molecule has 4 fully saturated rings. The van der Waals surface area contributed by atoms with Crippen molar-refractivity contribution in [3.8, 4) is 0 Å². The molecule has 2 N–H and O–H groups in total. The second kappa shape index (κ2) is 10.8. The third-order valence-corrected chi connectivity index (χ3v) is 9.97. The van der Waals surface area contributed by atoms with Crippen LogP contribution in [-0.2, 0) is 4.79 Å². The fourth-order valence-electron chi connectivity index (χ4n) is 6.76. The summed E-state index contributed by atoms with van der Waals surface area (Å²) >= 11 is 1.43. The molecule has 10 nitrogen and oxygen atoms in total. The topological polar surface area (TPSA) is 102 Å². The first-order valence-corrected chi connectivity index (χ1v) is 14.7. The third kappa shape index (κ3) is 5.58. The number of amides is 1. The molecule has 2 aliphatic heterocycles. The average Bonchev–Trinajstić information content (AvgIpc) is 3.55. The predicted octanol–water partition coefficient (Wildman–Crippen LogP) is 2.93. The summed E-state index contributed by atoms with van der Waals surface area (Å²) in [5, 5.41) is 24.9. The number of rotatable bonds is 7. The molecule has 0 bridgehead atoms. The van der Waals surface area contributed by atoms with Crippen LogP contribution in [-0.4, -0.2) is 94.5 Å². The Balaban J connectivity index is 1.07. The third-order valence-electron chi connectivity index (χ3n) is 9.20. The first-order chi connectivity index (χ1) is 18.1. The van der Waals surface area contributed by atoms with Gasteiger partial charge < -0.3 is 15.1 Å². The Labute approximate surface area is 223 Å². The van der Waals surface area contributed by atoms with Crippen LogP contribution in [0.3, 0.4) is 0 Å². The van der Waals surface area contributed by atoms with Gasteiger partial charge in [0.25, 0.3) is 0 Å². The van der Waals surface area contributed by atoms with Crippen molar-refractivity contribution in [3.05, 3.63) is 18.3 Å². The van der Waals surface area contributed by atoms with Crippen molar-refractivity contribution in [1.82, 2.24) is 30.2 Å². The zero-order chi connectivity index (χ0) is 25.2. The van der Waals surface area contributed by atoms with Crippen molar-refractivity contribution in [1.29, 1.82) is 0 Å². The Kier molecular flexibility index (Phi) is 7.27. The number of carbonyl (C=O) groups excluding carboxylic acids is 1. The SMILES string of the molecule is CN1CCN([C@H](C(=O)Nc2nnc(N[C@@H]3CCN(c4cccnn4)C3)s2)C2CCC3(CCC3)CC2)CC1. The van der Waals surface area contributed by atoms with Crippen LogP contribution < -0.4 is 15.5 Å². The van der Waals surface area contributed by atoms with Gasteiger partial charge in [0, 0.05) is 51.5 Å². The molecule has 0 unspecified atom stereocenters. The minimum absolute atomic E-state index is 0.0817. The maximum atomic E-state index is 13.7. The summed E-state index contributed by atoms with van der Waals surface area (Å²) in [6.45, 7) is 5.69. The van der Waals surface area contributed by atoms with E-state index in [0.29, 0.717) is 16.5 Å². The van der Waals surface area contributed by atoms with E-state index in [0.717, 1.165) is 69.5 Å². The van der Waals surface area contributed by atoms with Crippen molar-refractivity contribution in [2.45, 2.75) is 63.5 Å². The van der Waals surface area contributed by atoms with E-state index in [-0.39, 0.29) is 18.0 Å². The van der Waals surface area contributed by atoms with Crippen LogP contribution in [0.2, 0.25) is 0 Å². The quantitative estimate of drug-likeness (QED) is 0.565. The van der Waals surface area contributed by atoms with Crippen molar-refractivity contribution in [2.24, 2.45) is 11.3 Å². The van der Waals surface area contributed by atoms with Crippen molar-refractivity contribution in [3.63, 3.8) is 0 Å². The molecule has 2 aromatic heterocycles. The first-order valence-electron chi connectivity index (χ1n) is 13.9. The first kappa shape index (κ1) is 24.9. The number of hydrogen-bond acceptors (Lipinski definition) is 10. The summed E-state index contributed by atoms with van der Waals surface area (Å²) in [6.07, 6.45) is 11.8. The normalized spacial score (nSPS) is 25.6. The Hall–Kier alpha value is -2.37. The molecule has 0 radical (unpaired) electrons. The van der Waals surface area contributed by atoms with Crippen LogP contribution >= 0.6 is 11.3 Å². The van der Waals surface area contributed by atoms with E-state index in [2.05, 4.69) is 52.8 Å². The van der Waals surface area contributed by atoms with Crippen molar-refractivity contribution >= 4 is 33.3 Å². The zero-order valence-electron chi connectivity index (χ0n) is 21.8. The van der Waals surface area contributed by atoms with Gasteiger partial charge in [-0.3, -0.25) is 15.0 Å². The Morgan fingerprint density at radius 1 is 1.03 bits per heavy atom. The number of piperazine rings is 1. The molecule has 0 aromatic carbocycles. The van der Waals surface area contributed by atoms with E-state index >= 15 is 0 Å². The maximum Gasteiger partial charge on any atom is 0.243 e. The summed E-state index contributed by atoms with van der Waals surface area (Å²) in [5.41, 5.74) is 0.600. The highest BCUT2D eigenvalue weighted by Gasteiger charge is 2.44. The molecule has 1 spiro atoms. The molecule has 200 valence electrons. The Morgan fingerprint density at radius 2 is 1.81 bits per heavy atom. The maximum absolute atomic E-state index is 13.7. The van der Waals surface area contributed by atoms with Crippen LogP contribution in [0, 0.1) is 11.3 Å². The van der Waals surface area contributed by atoms with Gasteiger partial charge in [-0.2, -0.15) is 5.10 Å². The lowest BCUT2D eigenvalue weighted by molar-refractivity contribution is -0.125. The molecule has 4 heterocycles. The van der Waals surface area contributed by atoms with E-state index in [1.807, 2.05) is 12.1 Å². The second-order valence-electron chi connectivity index (χ2n) is 11.5. The Bertz CT molecular complexity index is 1040. The van der Waals surface area contributed by atoms with E-state index in [1.54, 1.807) is 6.20 Å². The average molecular weight is 526 g/mol. The molecular weight excluding hydrogens is 486 g/mol. The van der Waals surface area contributed by atoms with E-state index in [4.69, 9.17) is 0 Å². The second-order valence-corrected chi connectivity index (χ2v) is 12.5. The number of nitrogens with zero attached hydrogens (tertiary/aromatic N) is 7. The molecule has 2 aliphatic carbocycles. The van der Waals surface area contributed by atoms with E-state index in [1.165, 1.54) is 43.4 Å². The van der Waals surface area contributed by atoms with Gasteiger partial charge in [-0.1, -0.05) is 17.8 Å². The minimum atomic E-state index is -0.0817. The molecule has 1 amide bonds. The molecule has 2 aromatic rings. The lowest BCUT2D eigenvalue weighted by Crippen LogP contribution is -2.56. The lowest BCUT2D eigenvalue weighted by atomic mass is 9.58. The molecule has 37 heavy (non-hydrogen) atoms. The minimum Gasteiger partial charge on any atom is -0.355 e. The molecular formula is C26H39N9OS. The van der Waals surface area contributed by atoms with Crippen molar-refractivity contribution in [2.75, 3.05) is 61.8 Å². The summed E-state index contributed by atoms with van der Waals surface area (Å²) in [7, 11) is 2.17. The molecule has 2 atom stereocenters. The summed E-state index contributed by atoms with van der Waals surface area (Å²) in [4.78, 5) is 20.7. The molecule has 6 rings (SSSR count). The summed E-state index contributed by atoms with van der Waals surface area (Å²) in [6, 6.07) is 4.08. The number of hydrogen-bond donors (Lipinski definition) is 2. The van der Waals surface area contributed by atoms with Gasteiger partial charge in [0.05, 0.1) is 6.04 Å². The molecule has 2 saturated heterocycles. The lowest BCUT2D eigenvalue weighted by Gasteiger charge is -2.49. The highest BCUT2D eigenvalue weighted by Crippen LogP contribution is 2.53. The van der Waals surface area contributed by atoms with Gasteiger partial charge in [0.2, 0.25) is 16.2 Å². The van der Waals surface area contributed by atoms with E-state index < -0.39 is 0 Å². The van der Waals surface area contributed by atoms with E-state index in [9.17, 15) is 4.79 Å². The largest absolute Gasteiger partial charge is 0.355 e. The number of anilines is 3. The number of likely N-dealkylation sites (N-methyl/N-ethyl adjacent to an activating group) is 1. The van der Waals surface area contributed by atoms with Gasteiger partial charge in [-0.15, -0.1) is 15.3 Å². The molecule has 4 aliphatic rings. The predicted molar refractivity (Wildman–Crippen MR) is 146 cm³/mol. The zero-order valence-corrected chi connectivity index (χ0v) is 22.6. The Morgan fingerprint density at radius 3 is 2.51 bits per heavy atom. The van der Waals surface area contributed by atoms with Crippen LogP contribution in [0.1, 0.15) is 51.4 Å². The number of aromatic nitrogens is 4. The number of nitrogens with one attached hydrogen (secondary N) is 2. The van der Waals surface area contributed by atoms with Crippen molar-refractivity contribution < 1.29 is 4.79 Å². The van der Waals surface area contributed by atoms with Gasteiger partial charge in [0.15, 0.2) is 5.82 Å². The van der Waals surface area contributed by atoms with Crippen LogP contribution in [0.25, 0.3) is 0 Å². The van der Waals surface area contributed by atoms with Gasteiger partial charge in [-0.25, -0.2) is 0 Å². The number of carbonyl (C=O) groups is 1. The van der Waals surface area contributed by atoms with Crippen LogP contribution in [0.4, 0.5) is 16.1 Å². The summed E-state index contributed by atoms with van der Waals surface area (Å²) in [5.74, 6) is 1.42. The van der Waals surface area contributed by atoms with Gasteiger partial charge >= 0.3 is 0 Å². The smallest absolute Gasteiger partial charge is 0.243 e. The van der Waals surface area contributed by atoms with Crippen LogP contribution in [0.5, 0.6) is 0 Å². The molecule has 11 heteroatoms. The van der Waals surface area contributed by atoms with Gasteiger partial charge in [-0.05, 0) is 75.5 Å². The fraction of sp³-hybridized carbons (Fsp3) is 0.731. The molecule has 2 saturated carbocycles. The van der Waals surface area contributed by atoms with Crippen LogP contribution in [0.15, 0.2) is 18.3 Å². The monoisotopic (exact) mass is 525 g/mol. The highest BCUT2D eigenvalue weighted by atomic mass is 32.1.